The third kappa shape index (κ3) is 2.93. The van der Waals surface area contributed by atoms with Gasteiger partial charge in [0.25, 0.3) is 0 Å². The maximum Gasteiger partial charge on any atom is 0.0731 e. The summed E-state index contributed by atoms with van der Waals surface area (Å²) in [6.45, 7) is 0. The molecule has 1 heteroatoms. The molecule has 8 aromatic carbocycles. The van der Waals surface area contributed by atoms with E-state index in [2.05, 4.69) is 158 Å². The minimum absolute atomic E-state index is 0.424. The molecule has 0 saturated heterocycles. The average Bonchev–Trinajstić information content (AvgIpc) is 3.59. The fraction of sp³-hybridized carbons (Fsp3) is 0.0222. The predicted octanol–water partition coefficient (Wildman–Crippen LogP) is 12.1. The molecule has 3 aliphatic rings. The van der Waals surface area contributed by atoms with Crippen LogP contribution in [0.5, 0.6) is 0 Å². The molecular weight excluding hydrogens is 573 g/mol. The molecule has 0 radical (unpaired) electrons. The Morgan fingerprint density at radius 1 is 0.348 bits per heavy atom. The Labute approximate surface area is 272 Å². The second-order valence-corrected chi connectivity index (χ2v) is 13.8. The summed E-state index contributed by atoms with van der Waals surface area (Å²) in [5.41, 5.74) is 15.8. The van der Waals surface area contributed by atoms with Crippen molar-refractivity contribution in [3.05, 3.63) is 180 Å². The lowest BCUT2D eigenvalue weighted by Crippen LogP contribution is -2.26. The van der Waals surface area contributed by atoms with Crippen LogP contribution in [0.15, 0.2) is 168 Å². The first-order valence-corrected chi connectivity index (χ1v) is 16.8. The molecule has 46 heavy (non-hydrogen) atoms. The van der Waals surface area contributed by atoms with E-state index in [1.807, 2.05) is 11.8 Å². The second kappa shape index (κ2) is 8.88. The number of benzene rings is 8. The molecule has 0 amide bonds. The first kappa shape index (κ1) is 24.9. The first-order valence-electron chi connectivity index (χ1n) is 16.0. The van der Waals surface area contributed by atoms with Crippen molar-refractivity contribution in [3.8, 4) is 44.5 Å². The lowest BCUT2D eigenvalue weighted by atomic mass is 9.68. The number of rotatable bonds is 1. The third-order valence-electron chi connectivity index (χ3n) is 10.7. The first-order chi connectivity index (χ1) is 22.8. The number of hydrogen-bond donors (Lipinski definition) is 0. The van der Waals surface area contributed by atoms with Crippen molar-refractivity contribution >= 4 is 33.3 Å². The highest BCUT2D eigenvalue weighted by molar-refractivity contribution is 7.99. The van der Waals surface area contributed by atoms with Crippen molar-refractivity contribution in [2.24, 2.45) is 0 Å². The van der Waals surface area contributed by atoms with Crippen molar-refractivity contribution in [1.29, 1.82) is 0 Å². The molecule has 2 aliphatic carbocycles. The molecule has 0 bridgehead atoms. The van der Waals surface area contributed by atoms with Gasteiger partial charge in [0, 0.05) is 20.7 Å². The van der Waals surface area contributed by atoms with Crippen LogP contribution in [0.25, 0.3) is 66.1 Å². The summed E-state index contributed by atoms with van der Waals surface area (Å²) in [6, 6.07) is 59.4. The third-order valence-corrected chi connectivity index (χ3v) is 11.8. The smallest absolute Gasteiger partial charge is 0.0731 e. The lowest BCUT2D eigenvalue weighted by molar-refractivity contribution is 0.796. The molecule has 1 unspecified atom stereocenters. The molecule has 8 aromatic rings. The minimum atomic E-state index is -0.424. The highest BCUT2D eigenvalue weighted by Gasteiger charge is 2.53. The number of fused-ring (bicyclic) bond motifs is 14. The van der Waals surface area contributed by atoms with E-state index in [0.717, 1.165) is 0 Å². The summed E-state index contributed by atoms with van der Waals surface area (Å²) in [7, 11) is 0. The average molecular weight is 599 g/mol. The number of hydrogen-bond acceptors (Lipinski definition) is 1. The monoisotopic (exact) mass is 598 g/mol. The fourth-order valence-electron chi connectivity index (χ4n) is 9.03. The Morgan fingerprint density at radius 2 is 0.935 bits per heavy atom. The highest BCUT2D eigenvalue weighted by atomic mass is 32.2. The summed E-state index contributed by atoms with van der Waals surface area (Å²) >= 11 is 1.91. The van der Waals surface area contributed by atoms with Gasteiger partial charge in [0.1, 0.15) is 0 Å². The maximum atomic E-state index is 2.42. The zero-order valence-corrected chi connectivity index (χ0v) is 25.7. The van der Waals surface area contributed by atoms with Gasteiger partial charge in [-0.25, -0.2) is 0 Å². The Kier molecular flexibility index (Phi) is 4.80. The zero-order valence-electron chi connectivity index (χ0n) is 24.9. The van der Waals surface area contributed by atoms with E-state index in [1.165, 1.54) is 98.1 Å². The van der Waals surface area contributed by atoms with E-state index >= 15 is 0 Å². The van der Waals surface area contributed by atoms with Crippen LogP contribution in [-0.2, 0) is 5.41 Å². The molecule has 1 spiro atoms. The van der Waals surface area contributed by atoms with Crippen LogP contribution in [0.1, 0.15) is 22.3 Å². The molecular formula is C45H26S. The van der Waals surface area contributed by atoms with Crippen LogP contribution in [-0.4, -0.2) is 0 Å². The molecule has 1 atom stereocenters. The van der Waals surface area contributed by atoms with Crippen molar-refractivity contribution in [1.82, 2.24) is 0 Å². The fourth-order valence-corrected chi connectivity index (χ4v) is 10.2. The molecule has 1 heterocycles. The van der Waals surface area contributed by atoms with E-state index in [4.69, 9.17) is 0 Å². The maximum absolute atomic E-state index is 2.42. The molecule has 0 aromatic heterocycles. The molecule has 0 saturated carbocycles. The Balaban J connectivity index is 1.31. The molecule has 11 rings (SSSR count). The van der Waals surface area contributed by atoms with Crippen LogP contribution in [0.2, 0.25) is 0 Å². The van der Waals surface area contributed by atoms with E-state index in [1.54, 1.807) is 0 Å². The largest absolute Gasteiger partial charge is 0.0888 e. The predicted molar refractivity (Wildman–Crippen MR) is 193 cm³/mol. The quantitative estimate of drug-likeness (QED) is 0.181. The highest BCUT2D eigenvalue weighted by Crippen LogP contribution is 2.66. The van der Waals surface area contributed by atoms with E-state index in [9.17, 15) is 0 Å². The van der Waals surface area contributed by atoms with Gasteiger partial charge in [0.2, 0.25) is 0 Å². The zero-order chi connectivity index (χ0) is 30.0. The van der Waals surface area contributed by atoms with Crippen LogP contribution in [0, 0.1) is 0 Å². The Bertz CT molecular complexity index is 2620. The molecule has 0 nitrogen and oxygen atoms in total. The topological polar surface area (TPSA) is 0 Å². The normalized spacial score (nSPS) is 16.3. The SMILES string of the molecule is c1ccc2c(c1)-c1cccc(-c3cccc4c3-c3cccc5cccc(c35)S4)c1C21c2ccccc2-c2c1ccc1ccccc21. The van der Waals surface area contributed by atoms with Crippen molar-refractivity contribution in [3.63, 3.8) is 0 Å². The lowest BCUT2D eigenvalue weighted by Gasteiger charge is -2.33. The van der Waals surface area contributed by atoms with E-state index in [0.29, 0.717) is 0 Å². The molecule has 1 aliphatic heterocycles. The van der Waals surface area contributed by atoms with Gasteiger partial charge in [-0.05, 0) is 89.5 Å². The van der Waals surface area contributed by atoms with Crippen molar-refractivity contribution in [2.45, 2.75) is 15.2 Å². The molecule has 0 N–H and O–H groups in total. The van der Waals surface area contributed by atoms with Crippen LogP contribution in [0.4, 0.5) is 0 Å². The molecule has 0 fully saturated rings. The van der Waals surface area contributed by atoms with E-state index in [-0.39, 0.29) is 0 Å². The van der Waals surface area contributed by atoms with Crippen LogP contribution in [0.3, 0.4) is 0 Å². The van der Waals surface area contributed by atoms with Gasteiger partial charge in [0.15, 0.2) is 0 Å². The Morgan fingerprint density at radius 3 is 1.83 bits per heavy atom. The van der Waals surface area contributed by atoms with Crippen molar-refractivity contribution < 1.29 is 0 Å². The standard InChI is InChI=1S/C45H26S/c1-2-14-29-27(11-1)25-26-38-42(29)34-16-4-6-22-37(34)45(38)36-21-5-3-15-30(36)32-18-9-19-33(44(32)45)31-17-10-24-40-43(31)35-20-7-12-28-13-8-23-39(46-40)41(28)35/h1-26H. The second-order valence-electron chi connectivity index (χ2n) is 12.7. The van der Waals surface area contributed by atoms with Gasteiger partial charge in [-0.2, -0.15) is 0 Å². The summed E-state index contributed by atoms with van der Waals surface area (Å²) < 4.78 is 0. The summed E-state index contributed by atoms with van der Waals surface area (Å²) in [6.07, 6.45) is 0. The van der Waals surface area contributed by atoms with E-state index < -0.39 is 5.41 Å². The van der Waals surface area contributed by atoms with Gasteiger partial charge in [-0.3, -0.25) is 0 Å². The summed E-state index contributed by atoms with van der Waals surface area (Å²) in [5, 5.41) is 5.28. The van der Waals surface area contributed by atoms with Gasteiger partial charge in [-0.15, -0.1) is 0 Å². The minimum Gasteiger partial charge on any atom is -0.0888 e. The van der Waals surface area contributed by atoms with Crippen molar-refractivity contribution in [2.75, 3.05) is 0 Å². The van der Waals surface area contributed by atoms with Gasteiger partial charge in [-0.1, -0.05) is 157 Å². The summed E-state index contributed by atoms with van der Waals surface area (Å²) in [4.78, 5) is 2.66. The Hall–Kier alpha value is -5.37. The van der Waals surface area contributed by atoms with Gasteiger partial charge in [0.05, 0.1) is 5.41 Å². The molecule has 212 valence electrons. The van der Waals surface area contributed by atoms with Gasteiger partial charge < -0.3 is 0 Å². The van der Waals surface area contributed by atoms with Crippen LogP contribution >= 0.6 is 11.8 Å². The summed E-state index contributed by atoms with van der Waals surface area (Å²) in [5.74, 6) is 0. The van der Waals surface area contributed by atoms with Crippen LogP contribution < -0.4 is 0 Å². The van der Waals surface area contributed by atoms with Gasteiger partial charge >= 0.3 is 0 Å².